The van der Waals surface area contributed by atoms with E-state index >= 15 is 0 Å². The Kier molecular flexibility index (Phi) is 6.35. The van der Waals surface area contributed by atoms with Crippen LogP contribution in [0.4, 0.5) is 9.80 Å². The van der Waals surface area contributed by atoms with Gasteiger partial charge >= 0.3 is 18.0 Å². The number of benzene rings is 1. The molecule has 0 radical (unpaired) electrons. The molecule has 0 aliphatic rings. The molecular formula is C18H20N2O5S. The molecule has 0 aliphatic heterocycles. The first-order valence-electron chi connectivity index (χ1n) is 7.85. The minimum atomic E-state index is -0.984. The lowest BCUT2D eigenvalue weighted by Gasteiger charge is -2.20. The van der Waals surface area contributed by atoms with Crippen molar-refractivity contribution in [3.05, 3.63) is 41.3 Å². The van der Waals surface area contributed by atoms with E-state index < -0.39 is 23.9 Å². The summed E-state index contributed by atoms with van der Waals surface area (Å²) in [6, 6.07) is 8.81. The van der Waals surface area contributed by atoms with Crippen LogP contribution in [-0.4, -0.2) is 48.7 Å². The van der Waals surface area contributed by atoms with Crippen molar-refractivity contribution >= 4 is 34.3 Å². The number of esters is 1. The summed E-state index contributed by atoms with van der Waals surface area (Å²) >= 11 is 1.21. The van der Waals surface area contributed by atoms with E-state index in [1.807, 2.05) is 30.3 Å². The van der Waals surface area contributed by atoms with Gasteiger partial charge in [-0.05, 0) is 5.56 Å². The lowest BCUT2D eigenvalue weighted by Crippen LogP contribution is -2.36. The van der Waals surface area contributed by atoms with Crippen LogP contribution in [0, 0.1) is 5.92 Å². The van der Waals surface area contributed by atoms with Crippen LogP contribution in [0.3, 0.4) is 0 Å². The van der Waals surface area contributed by atoms with E-state index in [0.29, 0.717) is 10.6 Å². The summed E-state index contributed by atoms with van der Waals surface area (Å²) in [5.74, 6) is -2.24. The molecule has 2 rings (SSSR count). The van der Waals surface area contributed by atoms with Crippen LogP contribution in [0.1, 0.15) is 17.3 Å². The van der Waals surface area contributed by atoms with Crippen LogP contribution in [0.5, 0.6) is 0 Å². The smallest absolute Gasteiger partial charge is 0.341 e. The number of amides is 2. The molecule has 8 heteroatoms. The SMILES string of the molecule is COC(=O)c1c(-c2ccccc2)csc1NC(=O)N(C)CC(C)C(=O)O. The lowest BCUT2D eigenvalue weighted by atomic mass is 10.0. The molecule has 0 aliphatic carbocycles. The number of thiophene rings is 1. The highest BCUT2D eigenvalue weighted by Gasteiger charge is 2.24. The maximum Gasteiger partial charge on any atom is 0.341 e. The van der Waals surface area contributed by atoms with Gasteiger partial charge in [-0.15, -0.1) is 11.3 Å². The molecule has 138 valence electrons. The van der Waals surface area contributed by atoms with E-state index in [4.69, 9.17) is 9.84 Å². The second kappa shape index (κ2) is 8.48. The topological polar surface area (TPSA) is 95.9 Å². The number of carboxylic acid groups (broad SMARTS) is 1. The predicted octanol–water partition coefficient (Wildman–Crippen LogP) is 3.39. The average molecular weight is 376 g/mol. The maximum absolute atomic E-state index is 12.4. The minimum absolute atomic E-state index is 0.0473. The molecular weight excluding hydrogens is 356 g/mol. The summed E-state index contributed by atoms with van der Waals surface area (Å²) in [6.45, 7) is 1.57. The molecule has 0 spiro atoms. The third-order valence-electron chi connectivity index (χ3n) is 3.80. The van der Waals surface area contributed by atoms with Crippen LogP contribution in [-0.2, 0) is 9.53 Å². The molecule has 0 saturated carbocycles. The fraction of sp³-hybridized carbons (Fsp3) is 0.278. The van der Waals surface area contributed by atoms with Gasteiger partial charge in [-0.2, -0.15) is 0 Å². The number of carboxylic acids is 1. The van der Waals surface area contributed by atoms with Gasteiger partial charge in [0.25, 0.3) is 0 Å². The Morgan fingerprint density at radius 3 is 2.50 bits per heavy atom. The number of carbonyl (C=O) groups excluding carboxylic acids is 2. The number of nitrogens with one attached hydrogen (secondary N) is 1. The molecule has 0 bridgehead atoms. The van der Waals surface area contributed by atoms with E-state index in [9.17, 15) is 14.4 Å². The first-order chi connectivity index (χ1) is 12.3. The molecule has 0 saturated heterocycles. The van der Waals surface area contributed by atoms with Crippen LogP contribution in [0.2, 0.25) is 0 Å². The Morgan fingerprint density at radius 1 is 1.27 bits per heavy atom. The summed E-state index contributed by atoms with van der Waals surface area (Å²) in [7, 11) is 2.78. The van der Waals surface area contributed by atoms with Gasteiger partial charge in [0.1, 0.15) is 10.6 Å². The lowest BCUT2D eigenvalue weighted by molar-refractivity contribution is -0.141. The zero-order chi connectivity index (χ0) is 19.3. The minimum Gasteiger partial charge on any atom is -0.481 e. The molecule has 1 aromatic heterocycles. The number of hydrogen-bond acceptors (Lipinski definition) is 5. The second-order valence-electron chi connectivity index (χ2n) is 5.76. The number of rotatable bonds is 6. The number of methoxy groups -OCH3 is 1. The van der Waals surface area contributed by atoms with Crippen molar-refractivity contribution in [2.45, 2.75) is 6.92 Å². The molecule has 1 unspecified atom stereocenters. The average Bonchev–Trinajstić information content (AvgIpc) is 3.05. The van der Waals surface area contributed by atoms with Gasteiger partial charge in [-0.25, -0.2) is 9.59 Å². The first-order valence-corrected chi connectivity index (χ1v) is 8.73. The highest BCUT2D eigenvalue weighted by Crippen LogP contribution is 2.36. The van der Waals surface area contributed by atoms with Crippen molar-refractivity contribution in [3.63, 3.8) is 0 Å². The Bertz CT molecular complexity index is 803. The number of hydrogen-bond donors (Lipinski definition) is 2. The van der Waals surface area contributed by atoms with Gasteiger partial charge in [0.15, 0.2) is 0 Å². The summed E-state index contributed by atoms with van der Waals surface area (Å²) < 4.78 is 4.86. The zero-order valence-electron chi connectivity index (χ0n) is 14.7. The molecule has 26 heavy (non-hydrogen) atoms. The van der Waals surface area contributed by atoms with Gasteiger partial charge in [0.2, 0.25) is 0 Å². The van der Waals surface area contributed by atoms with Gasteiger partial charge < -0.3 is 14.7 Å². The Balaban J connectivity index is 2.27. The number of ether oxygens (including phenoxy) is 1. The van der Waals surface area contributed by atoms with Gasteiger partial charge in [-0.3, -0.25) is 10.1 Å². The molecule has 1 atom stereocenters. The van der Waals surface area contributed by atoms with Gasteiger partial charge in [0, 0.05) is 24.5 Å². The van der Waals surface area contributed by atoms with E-state index in [0.717, 1.165) is 5.56 Å². The van der Waals surface area contributed by atoms with E-state index in [2.05, 4.69) is 5.32 Å². The molecule has 0 fully saturated rings. The van der Waals surface area contributed by atoms with Gasteiger partial charge in [0.05, 0.1) is 13.0 Å². The highest BCUT2D eigenvalue weighted by atomic mass is 32.1. The van der Waals surface area contributed by atoms with Crippen LogP contribution in [0.15, 0.2) is 35.7 Å². The van der Waals surface area contributed by atoms with Crippen LogP contribution < -0.4 is 5.32 Å². The van der Waals surface area contributed by atoms with Crippen molar-refractivity contribution in [2.24, 2.45) is 5.92 Å². The quantitative estimate of drug-likeness (QED) is 0.754. The third-order valence-corrected chi connectivity index (χ3v) is 4.70. The van der Waals surface area contributed by atoms with Crippen molar-refractivity contribution in [2.75, 3.05) is 26.0 Å². The third kappa shape index (κ3) is 4.40. The summed E-state index contributed by atoms with van der Waals surface area (Å²) in [6.07, 6.45) is 0. The highest BCUT2D eigenvalue weighted by molar-refractivity contribution is 7.15. The Labute approximate surface area is 155 Å². The summed E-state index contributed by atoms with van der Waals surface area (Å²) in [4.78, 5) is 36.8. The predicted molar refractivity (Wildman–Crippen MR) is 99.5 cm³/mol. The van der Waals surface area contributed by atoms with Gasteiger partial charge in [-0.1, -0.05) is 37.3 Å². The maximum atomic E-state index is 12.4. The van der Waals surface area contributed by atoms with Crippen molar-refractivity contribution in [1.82, 2.24) is 4.90 Å². The van der Waals surface area contributed by atoms with Crippen LogP contribution in [0.25, 0.3) is 11.1 Å². The summed E-state index contributed by atoms with van der Waals surface area (Å²) in [5.41, 5.74) is 1.77. The standard InChI is InChI=1S/C18H20N2O5S/c1-11(16(21)22)9-20(2)18(24)19-15-14(17(23)25-3)13(10-26-15)12-7-5-4-6-8-12/h4-8,10-11H,9H2,1-3H3,(H,19,24)(H,21,22). The second-order valence-corrected chi connectivity index (χ2v) is 6.64. The number of aliphatic carboxylic acids is 1. The van der Waals surface area contributed by atoms with Crippen LogP contribution >= 0.6 is 11.3 Å². The van der Waals surface area contributed by atoms with E-state index in [1.165, 1.54) is 37.3 Å². The molecule has 1 heterocycles. The monoisotopic (exact) mass is 376 g/mol. The molecule has 2 aromatic rings. The summed E-state index contributed by atoms with van der Waals surface area (Å²) in [5, 5.41) is 13.8. The molecule has 7 nitrogen and oxygen atoms in total. The van der Waals surface area contributed by atoms with E-state index in [-0.39, 0.29) is 12.1 Å². The number of anilines is 1. The Hall–Kier alpha value is -2.87. The molecule has 1 aromatic carbocycles. The Morgan fingerprint density at radius 2 is 1.92 bits per heavy atom. The molecule has 2 N–H and O–H groups in total. The zero-order valence-corrected chi connectivity index (χ0v) is 15.5. The molecule has 2 amide bonds. The van der Waals surface area contributed by atoms with Crippen molar-refractivity contribution in [3.8, 4) is 11.1 Å². The fourth-order valence-electron chi connectivity index (χ4n) is 2.35. The number of carbonyl (C=O) groups is 3. The number of nitrogens with zero attached hydrogens (tertiary/aromatic N) is 1. The number of urea groups is 1. The van der Waals surface area contributed by atoms with E-state index in [1.54, 1.807) is 5.38 Å². The van der Waals surface area contributed by atoms with Crippen molar-refractivity contribution in [1.29, 1.82) is 0 Å². The largest absolute Gasteiger partial charge is 0.481 e. The normalized spacial score (nSPS) is 11.5. The fourth-order valence-corrected chi connectivity index (χ4v) is 3.30. The first kappa shape index (κ1) is 19.5. The van der Waals surface area contributed by atoms with Crippen molar-refractivity contribution < 1.29 is 24.2 Å².